The van der Waals surface area contributed by atoms with Crippen LogP contribution in [-0.2, 0) is 14.3 Å². The van der Waals surface area contributed by atoms with Gasteiger partial charge in [-0.15, -0.1) is 0 Å². The lowest BCUT2D eigenvalue weighted by atomic mass is 10.0. The first-order valence-corrected chi connectivity index (χ1v) is 6.52. The fourth-order valence-electron chi connectivity index (χ4n) is 1.46. The predicted octanol–water partition coefficient (Wildman–Crippen LogP) is 3.34. The number of hydrogen-bond donors (Lipinski definition) is 0. The molecule has 0 rings (SSSR count). The third kappa shape index (κ3) is 8.93. The van der Waals surface area contributed by atoms with E-state index in [2.05, 4.69) is 20.4 Å². The van der Waals surface area contributed by atoms with E-state index in [4.69, 9.17) is 9.47 Å². The maximum atomic E-state index is 11.1. The fraction of sp³-hybridized carbons (Fsp3) is 0.786. The van der Waals surface area contributed by atoms with Crippen LogP contribution in [-0.4, -0.2) is 25.8 Å². The maximum Gasteiger partial charge on any atom is 0.333 e. The summed E-state index contributed by atoms with van der Waals surface area (Å²) >= 11 is 0. The second-order valence-corrected chi connectivity index (χ2v) is 4.41. The van der Waals surface area contributed by atoms with Gasteiger partial charge in [0, 0.05) is 12.2 Å². The van der Waals surface area contributed by atoms with Crippen molar-refractivity contribution < 1.29 is 14.3 Å². The number of rotatable bonds is 10. The zero-order chi connectivity index (χ0) is 13.1. The quantitative estimate of drug-likeness (QED) is 0.335. The highest BCUT2D eigenvalue weighted by molar-refractivity contribution is 5.86. The molecule has 0 amide bonds. The minimum atomic E-state index is -0.341. The largest absolute Gasteiger partial charge is 0.460 e. The van der Waals surface area contributed by atoms with E-state index in [1.54, 1.807) is 6.92 Å². The van der Waals surface area contributed by atoms with E-state index in [1.165, 1.54) is 19.3 Å². The van der Waals surface area contributed by atoms with Gasteiger partial charge in [-0.3, -0.25) is 0 Å². The number of ether oxygens (including phenoxy) is 2. The Morgan fingerprint density at radius 1 is 1.29 bits per heavy atom. The Morgan fingerprint density at radius 2 is 2.00 bits per heavy atom. The molecule has 0 aliphatic rings. The highest BCUT2D eigenvalue weighted by atomic mass is 16.6. The minimum Gasteiger partial charge on any atom is -0.460 e. The Morgan fingerprint density at radius 3 is 2.53 bits per heavy atom. The SMILES string of the molecule is C=C(C)C(=O)OCCOCC(CC)CCCC. The molecule has 0 aliphatic heterocycles. The molecule has 0 saturated carbocycles. The lowest BCUT2D eigenvalue weighted by molar-refractivity contribution is -0.140. The molecule has 3 heteroatoms. The van der Waals surface area contributed by atoms with Crippen LogP contribution in [0.4, 0.5) is 0 Å². The molecule has 0 N–H and O–H groups in total. The van der Waals surface area contributed by atoms with E-state index >= 15 is 0 Å². The molecule has 0 radical (unpaired) electrons. The average molecular weight is 242 g/mol. The van der Waals surface area contributed by atoms with Crippen LogP contribution in [0.15, 0.2) is 12.2 Å². The zero-order valence-electron chi connectivity index (χ0n) is 11.5. The van der Waals surface area contributed by atoms with Gasteiger partial charge in [-0.25, -0.2) is 4.79 Å². The summed E-state index contributed by atoms with van der Waals surface area (Å²) in [4.78, 5) is 11.1. The van der Waals surface area contributed by atoms with Crippen LogP contribution in [0.3, 0.4) is 0 Å². The summed E-state index contributed by atoms with van der Waals surface area (Å²) in [5.41, 5.74) is 0.430. The molecule has 0 bridgehead atoms. The normalized spacial score (nSPS) is 12.2. The summed E-state index contributed by atoms with van der Waals surface area (Å²) in [7, 11) is 0. The molecular weight excluding hydrogens is 216 g/mol. The first kappa shape index (κ1) is 16.2. The Kier molecular flexibility index (Phi) is 9.83. The average Bonchev–Trinajstić information content (AvgIpc) is 2.32. The van der Waals surface area contributed by atoms with Gasteiger partial charge in [-0.2, -0.15) is 0 Å². The second kappa shape index (κ2) is 10.3. The monoisotopic (exact) mass is 242 g/mol. The molecule has 100 valence electrons. The molecule has 0 aromatic heterocycles. The van der Waals surface area contributed by atoms with Gasteiger partial charge in [-0.05, 0) is 19.3 Å². The van der Waals surface area contributed by atoms with Gasteiger partial charge in [0.1, 0.15) is 6.61 Å². The van der Waals surface area contributed by atoms with Crippen molar-refractivity contribution in [3.05, 3.63) is 12.2 Å². The van der Waals surface area contributed by atoms with Crippen molar-refractivity contribution >= 4 is 5.97 Å². The highest BCUT2D eigenvalue weighted by Gasteiger charge is 2.06. The Labute approximate surface area is 105 Å². The van der Waals surface area contributed by atoms with Gasteiger partial charge in [0.25, 0.3) is 0 Å². The molecule has 0 aromatic carbocycles. The Bertz CT molecular complexity index is 224. The summed E-state index contributed by atoms with van der Waals surface area (Å²) in [6, 6.07) is 0. The van der Waals surface area contributed by atoms with Crippen molar-refractivity contribution in [3.8, 4) is 0 Å². The molecule has 1 atom stereocenters. The first-order chi connectivity index (χ1) is 8.11. The van der Waals surface area contributed by atoms with E-state index in [1.807, 2.05) is 0 Å². The lowest BCUT2D eigenvalue weighted by Crippen LogP contribution is -2.14. The van der Waals surface area contributed by atoms with Crippen LogP contribution in [0.1, 0.15) is 46.5 Å². The van der Waals surface area contributed by atoms with Gasteiger partial charge in [0.15, 0.2) is 0 Å². The summed E-state index contributed by atoms with van der Waals surface area (Å²) in [5.74, 6) is 0.290. The van der Waals surface area contributed by atoms with Gasteiger partial charge in [0.05, 0.1) is 6.61 Å². The first-order valence-electron chi connectivity index (χ1n) is 6.52. The van der Waals surface area contributed by atoms with E-state index in [0.717, 1.165) is 13.0 Å². The molecular formula is C14H26O3. The third-order valence-corrected chi connectivity index (χ3v) is 2.71. The molecule has 0 spiro atoms. The van der Waals surface area contributed by atoms with E-state index < -0.39 is 0 Å². The molecule has 3 nitrogen and oxygen atoms in total. The summed E-state index contributed by atoms with van der Waals surface area (Å²) in [6.07, 6.45) is 4.85. The maximum absolute atomic E-state index is 11.1. The summed E-state index contributed by atoms with van der Waals surface area (Å²) < 4.78 is 10.4. The van der Waals surface area contributed by atoms with Crippen molar-refractivity contribution in [1.29, 1.82) is 0 Å². The van der Waals surface area contributed by atoms with Gasteiger partial charge in [-0.1, -0.05) is 39.7 Å². The number of esters is 1. The molecule has 1 unspecified atom stereocenters. The Hall–Kier alpha value is -0.830. The van der Waals surface area contributed by atoms with Crippen LogP contribution < -0.4 is 0 Å². The van der Waals surface area contributed by atoms with Crippen molar-refractivity contribution in [3.63, 3.8) is 0 Å². The highest BCUT2D eigenvalue weighted by Crippen LogP contribution is 2.12. The van der Waals surface area contributed by atoms with Crippen LogP contribution in [0.25, 0.3) is 0 Å². The smallest absolute Gasteiger partial charge is 0.333 e. The zero-order valence-corrected chi connectivity index (χ0v) is 11.5. The minimum absolute atomic E-state index is 0.315. The van der Waals surface area contributed by atoms with Gasteiger partial charge < -0.3 is 9.47 Å². The molecule has 0 fully saturated rings. The van der Waals surface area contributed by atoms with Crippen molar-refractivity contribution in [2.45, 2.75) is 46.5 Å². The Balaban J connectivity index is 3.48. The van der Waals surface area contributed by atoms with Crippen LogP contribution in [0.5, 0.6) is 0 Å². The van der Waals surface area contributed by atoms with Gasteiger partial charge in [0.2, 0.25) is 0 Å². The third-order valence-electron chi connectivity index (χ3n) is 2.71. The van der Waals surface area contributed by atoms with E-state index in [-0.39, 0.29) is 5.97 Å². The molecule has 17 heavy (non-hydrogen) atoms. The van der Waals surface area contributed by atoms with Crippen LogP contribution >= 0.6 is 0 Å². The number of unbranched alkanes of at least 4 members (excludes halogenated alkanes) is 1. The van der Waals surface area contributed by atoms with E-state index in [0.29, 0.717) is 24.7 Å². The van der Waals surface area contributed by atoms with Gasteiger partial charge >= 0.3 is 5.97 Å². The van der Waals surface area contributed by atoms with Crippen molar-refractivity contribution in [1.82, 2.24) is 0 Å². The topological polar surface area (TPSA) is 35.5 Å². The summed E-state index contributed by atoms with van der Waals surface area (Å²) in [6.45, 7) is 11.1. The van der Waals surface area contributed by atoms with Crippen molar-refractivity contribution in [2.24, 2.45) is 5.92 Å². The standard InChI is InChI=1S/C14H26O3/c1-5-7-8-13(6-2)11-16-9-10-17-14(15)12(3)4/h13H,3,5-11H2,1-2,4H3. The number of hydrogen-bond acceptors (Lipinski definition) is 3. The van der Waals surface area contributed by atoms with Crippen molar-refractivity contribution in [2.75, 3.05) is 19.8 Å². The number of carbonyl (C=O) groups is 1. The lowest BCUT2D eigenvalue weighted by Gasteiger charge is -2.14. The molecule has 0 saturated heterocycles. The molecule has 0 aromatic rings. The molecule has 0 aliphatic carbocycles. The fourth-order valence-corrected chi connectivity index (χ4v) is 1.46. The van der Waals surface area contributed by atoms with Crippen LogP contribution in [0, 0.1) is 5.92 Å². The predicted molar refractivity (Wildman–Crippen MR) is 69.9 cm³/mol. The molecule has 0 heterocycles. The second-order valence-electron chi connectivity index (χ2n) is 4.41. The number of carbonyl (C=O) groups excluding carboxylic acids is 1. The summed E-state index contributed by atoms with van der Waals surface area (Å²) in [5, 5.41) is 0. The van der Waals surface area contributed by atoms with Crippen LogP contribution in [0.2, 0.25) is 0 Å². The van der Waals surface area contributed by atoms with E-state index in [9.17, 15) is 4.79 Å².